The molecule has 0 spiro atoms. The number of nitrogens with two attached hydrogens (primary N) is 1. The fraction of sp³-hybridized carbons (Fsp3) is 0.409. The minimum Gasteiger partial charge on any atom is -0.496 e. The Bertz CT molecular complexity index is 1100. The summed E-state index contributed by atoms with van der Waals surface area (Å²) in [5.74, 6) is 1.49. The molecule has 2 aromatic heterocycles. The van der Waals surface area contributed by atoms with Gasteiger partial charge in [0.15, 0.2) is 0 Å². The number of hydrogen-bond donors (Lipinski definition) is 2. The number of primary amides is 1. The van der Waals surface area contributed by atoms with Gasteiger partial charge in [-0.2, -0.15) is 0 Å². The van der Waals surface area contributed by atoms with E-state index in [0.29, 0.717) is 18.9 Å². The average molecular weight is 427 g/mol. The van der Waals surface area contributed by atoms with E-state index in [1.807, 2.05) is 25.1 Å². The number of aromatic nitrogens is 2. The summed E-state index contributed by atoms with van der Waals surface area (Å²) in [7, 11) is 1.65. The van der Waals surface area contributed by atoms with Gasteiger partial charge in [-0.3, -0.25) is 4.79 Å². The molecule has 0 bridgehead atoms. The smallest absolute Gasteiger partial charge is 0.234 e. The summed E-state index contributed by atoms with van der Waals surface area (Å²) in [6.45, 7) is 6.80. The maximum atomic E-state index is 11.5. The summed E-state index contributed by atoms with van der Waals surface area (Å²) in [6.07, 6.45) is 0.393. The Labute approximate surface area is 179 Å². The molecule has 3 aromatic rings. The number of benzene rings is 1. The number of nitrogens with zero attached hydrogens (tertiary/aromatic N) is 2. The van der Waals surface area contributed by atoms with Crippen molar-refractivity contribution in [2.24, 2.45) is 5.73 Å². The summed E-state index contributed by atoms with van der Waals surface area (Å²) < 4.78 is 11.8. The zero-order valence-corrected chi connectivity index (χ0v) is 18.4. The fourth-order valence-electron chi connectivity index (χ4n) is 3.67. The normalized spacial score (nSPS) is 18.8. The highest BCUT2D eigenvalue weighted by molar-refractivity contribution is 7.13. The van der Waals surface area contributed by atoms with Crippen LogP contribution in [0.4, 0.5) is 0 Å². The molecule has 30 heavy (non-hydrogen) atoms. The Morgan fingerprint density at radius 1 is 1.30 bits per heavy atom. The number of nitrogens with one attached hydrogen (secondary N) is 1. The number of thiazole rings is 1. The van der Waals surface area contributed by atoms with Crippen molar-refractivity contribution >= 4 is 28.1 Å². The van der Waals surface area contributed by atoms with Crippen LogP contribution in [0.25, 0.3) is 21.6 Å². The van der Waals surface area contributed by atoms with E-state index in [-0.39, 0.29) is 18.1 Å². The van der Waals surface area contributed by atoms with Crippen LogP contribution in [0.3, 0.4) is 0 Å². The predicted octanol–water partition coefficient (Wildman–Crippen LogP) is 3.39. The van der Waals surface area contributed by atoms with Crippen LogP contribution < -0.4 is 20.5 Å². The van der Waals surface area contributed by atoms with Crippen molar-refractivity contribution in [2.45, 2.75) is 45.3 Å². The standard InChI is InChI=1S/C22H26N4O3S/c1-11(2)17-10-30-22(26-17)16-8-19(29-13-7-15(21(23)27)24-9-13)14-5-6-18(28-4)12(3)20(14)25-16/h5-6,8,10-11,13,15,24H,7,9H2,1-4H3,(H2,23,27). The molecule has 1 aromatic carbocycles. The number of methoxy groups -OCH3 is 1. The van der Waals surface area contributed by atoms with Crippen molar-refractivity contribution in [1.29, 1.82) is 0 Å². The fourth-order valence-corrected chi connectivity index (χ4v) is 4.61. The lowest BCUT2D eigenvalue weighted by Crippen LogP contribution is -2.36. The van der Waals surface area contributed by atoms with E-state index in [1.165, 1.54) is 0 Å². The Hall–Kier alpha value is -2.71. The lowest BCUT2D eigenvalue weighted by Gasteiger charge is -2.17. The van der Waals surface area contributed by atoms with Crippen molar-refractivity contribution in [3.8, 4) is 22.2 Å². The molecule has 1 saturated heterocycles. The van der Waals surface area contributed by atoms with Crippen molar-refractivity contribution in [3.63, 3.8) is 0 Å². The molecule has 2 atom stereocenters. The van der Waals surface area contributed by atoms with Gasteiger partial charge in [-0.25, -0.2) is 9.97 Å². The number of carbonyl (C=O) groups excluding carboxylic acids is 1. The SMILES string of the molecule is COc1ccc2c(OC3CNC(C(N)=O)C3)cc(-c3nc(C(C)C)cs3)nc2c1C. The van der Waals surface area contributed by atoms with E-state index >= 15 is 0 Å². The Morgan fingerprint density at radius 2 is 2.10 bits per heavy atom. The first-order chi connectivity index (χ1) is 14.4. The van der Waals surface area contributed by atoms with E-state index in [4.69, 9.17) is 25.2 Å². The minimum atomic E-state index is -0.364. The van der Waals surface area contributed by atoms with Crippen LogP contribution in [0.15, 0.2) is 23.6 Å². The van der Waals surface area contributed by atoms with Gasteiger partial charge in [0.1, 0.15) is 28.3 Å². The van der Waals surface area contributed by atoms with Gasteiger partial charge < -0.3 is 20.5 Å². The molecule has 0 aliphatic carbocycles. The predicted molar refractivity (Wildman–Crippen MR) is 118 cm³/mol. The second-order valence-electron chi connectivity index (χ2n) is 7.87. The number of fused-ring (bicyclic) bond motifs is 1. The van der Waals surface area contributed by atoms with Crippen molar-refractivity contribution < 1.29 is 14.3 Å². The maximum absolute atomic E-state index is 11.5. The number of aryl methyl sites for hydroxylation is 1. The summed E-state index contributed by atoms with van der Waals surface area (Å²) in [6, 6.07) is 5.46. The molecule has 3 heterocycles. The Balaban J connectivity index is 1.79. The van der Waals surface area contributed by atoms with E-state index in [1.54, 1.807) is 18.4 Å². The molecule has 7 nitrogen and oxygen atoms in total. The number of pyridine rings is 1. The molecule has 1 amide bonds. The van der Waals surface area contributed by atoms with Gasteiger partial charge >= 0.3 is 0 Å². The number of carbonyl (C=O) groups is 1. The first kappa shape index (κ1) is 20.6. The topological polar surface area (TPSA) is 99.4 Å². The number of ether oxygens (including phenoxy) is 2. The van der Waals surface area contributed by atoms with Crippen LogP contribution in [0.1, 0.15) is 37.4 Å². The zero-order chi connectivity index (χ0) is 21.4. The maximum Gasteiger partial charge on any atom is 0.234 e. The Morgan fingerprint density at radius 3 is 2.73 bits per heavy atom. The van der Waals surface area contributed by atoms with Crippen LogP contribution in [0.5, 0.6) is 11.5 Å². The van der Waals surface area contributed by atoms with Gasteiger partial charge in [-0.1, -0.05) is 13.8 Å². The van der Waals surface area contributed by atoms with Crippen LogP contribution in [0.2, 0.25) is 0 Å². The third-order valence-corrected chi connectivity index (χ3v) is 6.31. The van der Waals surface area contributed by atoms with Crippen molar-refractivity contribution in [1.82, 2.24) is 15.3 Å². The quantitative estimate of drug-likeness (QED) is 0.627. The molecule has 1 fully saturated rings. The first-order valence-electron chi connectivity index (χ1n) is 10.0. The monoisotopic (exact) mass is 426 g/mol. The van der Waals surface area contributed by atoms with Crippen LogP contribution in [-0.2, 0) is 4.79 Å². The molecule has 3 N–H and O–H groups in total. The van der Waals surface area contributed by atoms with Gasteiger partial charge in [-0.05, 0) is 25.0 Å². The summed E-state index contributed by atoms with van der Waals surface area (Å²) in [4.78, 5) is 21.2. The molecular weight excluding hydrogens is 400 g/mol. The molecule has 158 valence electrons. The molecule has 0 radical (unpaired) electrons. The summed E-state index contributed by atoms with van der Waals surface area (Å²) in [5, 5.41) is 6.95. The van der Waals surface area contributed by atoms with Gasteiger partial charge in [0, 0.05) is 35.4 Å². The van der Waals surface area contributed by atoms with Crippen LogP contribution >= 0.6 is 11.3 Å². The molecule has 8 heteroatoms. The largest absolute Gasteiger partial charge is 0.496 e. The van der Waals surface area contributed by atoms with E-state index in [0.717, 1.165) is 44.4 Å². The molecular formula is C22H26N4O3S. The van der Waals surface area contributed by atoms with Gasteiger partial charge in [0.2, 0.25) is 5.91 Å². The Kier molecular flexibility index (Phi) is 5.62. The third kappa shape index (κ3) is 3.85. The first-order valence-corrected chi connectivity index (χ1v) is 10.9. The van der Waals surface area contributed by atoms with E-state index < -0.39 is 0 Å². The zero-order valence-electron chi connectivity index (χ0n) is 17.6. The second kappa shape index (κ2) is 8.20. The molecule has 2 unspecified atom stereocenters. The molecule has 0 saturated carbocycles. The van der Waals surface area contributed by atoms with E-state index in [2.05, 4.69) is 24.5 Å². The summed E-state index contributed by atoms with van der Waals surface area (Å²) >= 11 is 1.58. The number of rotatable bonds is 6. The van der Waals surface area contributed by atoms with Gasteiger partial charge in [0.25, 0.3) is 0 Å². The summed E-state index contributed by atoms with van der Waals surface area (Å²) in [5.41, 5.74) is 9.01. The van der Waals surface area contributed by atoms with Crippen molar-refractivity contribution in [3.05, 3.63) is 34.8 Å². The highest BCUT2D eigenvalue weighted by Gasteiger charge is 2.30. The van der Waals surface area contributed by atoms with Crippen LogP contribution in [0, 0.1) is 6.92 Å². The van der Waals surface area contributed by atoms with Gasteiger partial charge in [-0.15, -0.1) is 11.3 Å². The number of hydrogen-bond acceptors (Lipinski definition) is 7. The lowest BCUT2D eigenvalue weighted by atomic mass is 10.1. The average Bonchev–Trinajstić information content (AvgIpc) is 3.38. The van der Waals surface area contributed by atoms with E-state index in [9.17, 15) is 4.79 Å². The van der Waals surface area contributed by atoms with Crippen LogP contribution in [-0.4, -0.2) is 41.7 Å². The highest BCUT2D eigenvalue weighted by atomic mass is 32.1. The molecule has 1 aliphatic rings. The number of amides is 1. The highest BCUT2D eigenvalue weighted by Crippen LogP contribution is 2.37. The third-order valence-electron chi connectivity index (χ3n) is 5.43. The minimum absolute atomic E-state index is 0.147. The lowest BCUT2D eigenvalue weighted by molar-refractivity contribution is -0.119. The van der Waals surface area contributed by atoms with Gasteiger partial charge in [0.05, 0.1) is 24.4 Å². The molecule has 1 aliphatic heterocycles. The second-order valence-corrected chi connectivity index (χ2v) is 8.72. The van der Waals surface area contributed by atoms with Crippen molar-refractivity contribution in [2.75, 3.05) is 13.7 Å². The molecule has 4 rings (SSSR count).